The summed E-state index contributed by atoms with van der Waals surface area (Å²) in [6, 6.07) is 42.3. The highest BCUT2D eigenvalue weighted by Gasteiger charge is 2.53. The predicted octanol–water partition coefficient (Wildman–Crippen LogP) is 5.95. The molecule has 0 saturated heterocycles. The zero-order valence-corrected chi connectivity index (χ0v) is 31.6. The summed E-state index contributed by atoms with van der Waals surface area (Å²) in [4.78, 5) is 24.9. The lowest BCUT2D eigenvalue weighted by molar-refractivity contribution is -0.384. The highest BCUT2D eigenvalue weighted by atomic mass is 32.2. The van der Waals surface area contributed by atoms with Gasteiger partial charge < -0.3 is 14.6 Å². The number of rotatable bonds is 17. The van der Waals surface area contributed by atoms with E-state index in [4.69, 9.17) is 9.47 Å². The quantitative estimate of drug-likeness (QED) is 0.0305. The Kier molecular flexibility index (Phi) is 13.2. The van der Waals surface area contributed by atoms with Gasteiger partial charge >= 0.3 is 5.97 Å². The molecule has 5 aromatic carbocycles. The summed E-state index contributed by atoms with van der Waals surface area (Å²) in [5.41, 5.74) is 0.232. The molecule has 1 N–H and O–H groups in total. The summed E-state index contributed by atoms with van der Waals surface area (Å²) in [5.74, 6) is -3.98. The number of nitrogens with zero attached hydrogens (tertiary/aromatic N) is 1. The molecule has 0 aliphatic carbocycles. The van der Waals surface area contributed by atoms with Crippen LogP contribution in [0.2, 0.25) is 0 Å². The van der Waals surface area contributed by atoms with E-state index in [1.54, 1.807) is 44.2 Å². The smallest absolute Gasteiger partial charge is 0.314 e. The molecule has 0 heterocycles. The van der Waals surface area contributed by atoms with Gasteiger partial charge in [0.15, 0.2) is 0 Å². The van der Waals surface area contributed by atoms with Crippen LogP contribution >= 0.6 is 7.26 Å². The maximum absolute atomic E-state index is 14.6. The number of sulfonamides is 1. The minimum absolute atomic E-state index is 0.0125. The Morgan fingerprint density at radius 3 is 1.61 bits per heavy atom. The fraction of sp³-hybridized carbons (Fsp3) is 0.167. The first kappa shape index (κ1) is 39.6. The second-order valence-electron chi connectivity index (χ2n) is 12.1. The molecule has 0 spiro atoms. The SMILES string of the molecule is C=C(/C(=C(\[O-])OCC)C(C(=O)OCC)C(CNS(=O)(=O)c1ccc([N+](=O)[O-])cc1)c1ccccc1)[P+](c1ccccc1)(c1ccccc1)c1ccccc1. The van der Waals surface area contributed by atoms with E-state index in [1.165, 1.54) is 0 Å². The molecule has 278 valence electrons. The van der Waals surface area contributed by atoms with Gasteiger partial charge in [-0.25, -0.2) is 13.1 Å². The third-order valence-electron chi connectivity index (χ3n) is 8.97. The van der Waals surface area contributed by atoms with Gasteiger partial charge in [-0.3, -0.25) is 14.9 Å². The lowest BCUT2D eigenvalue weighted by Gasteiger charge is -2.36. The second kappa shape index (κ2) is 17.9. The number of ether oxygens (including phenoxy) is 2. The van der Waals surface area contributed by atoms with Crippen LogP contribution in [0.3, 0.4) is 0 Å². The number of non-ortho nitro benzene ring substituents is 1. The molecular weight excluding hydrogens is 724 g/mol. The van der Waals surface area contributed by atoms with E-state index in [0.29, 0.717) is 10.9 Å². The van der Waals surface area contributed by atoms with Gasteiger partial charge in [-0.2, -0.15) is 0 Å². The largest absolute Gasteiger partial charge is 0.613 e. The molecule has 0 aliphatic heterocycles. The van der Waals surface area contributed by atoms with Gasteiger partial charge in [0.25, 0.3) is 5.69 Å². The van der Waals surface area contributed by atoms with E-state index in [0.717, 1.165) is 40.2 Å². The number of allylic oxidation sites excluding steroid dienone is 1. The maximum atomic E-state index is 14.6. The Morgan fingerprint density at radius 2 is 1.19 bits per heavy atom. The number of hydrogen-bond acceptors (Lipinski definition) is 8. The standard InChI is InChI=1S/C42H41N2O8PS/c1-4-51-41(45)39(31(3)53(34-20-12-7-13-21-34,35-22-14-8-15-23-35)36-24-16-9-17-25-36)40(42(46)52-5-2)38(32-18-10-6-11-19-32)30-43-54(49,50)37-28-26-33(27-29-37)44(47)48/h6-29,38,40,43H,3-5,30H2,1-2H3/b41-39-. The molecule has 0 aromatic heterocycles. The Hall–Kier alpha value is -5.61. The highest BCUT2D eigenvalue weighted by molar-refractivity contribution is 7.99. The van der Waals surface area contributed by atoms with Crippen molar-refractivity contribution < 1.29 is 32.7 Å². The molecule has 5 rings (SSSR count). The number of hydrogen-bond donors (Lipinski definition) is 1. The molecule has 2 atom stereocenters. The molecule has 54 heavy (non-hydrogen) atoms. The van der Waals surface area contributed by atoms with Crippen molar-refractivity contribution in [1.29, 1.82) is 0 Å². The van der Waals surface area contributed by atoms with Crippen LogP contribution in [0.25, 0.3) is 0 Å². The minimum atomic E-state index is -4.28. The number of esters is 1. The van der Waals surface area contributed by atoms with Crippen LogP contribution in [-0.2, 0) is 24.3 Å². The third-order valence-corrected chi connectivity index (χ3v) is 14.7. The van der Waals surface area contributed by atoms with Crippen LogP contribution in [0.15, 0.2) is 174 Å². The van der Waals surface area contributed by atoms with Crippen LogP contribution in [-0.4, -0.2) is 39.1 Å². The van der Waals surface area contributed by atoms with Crippen LogP contribution in [0.1, 0.15) is 25.3 Å². The van der Waals surface area contributed by atoms with Gasteiger partial charge in [0.05, 0.1) is 28.3 Å². The number of carbonyl (C=O) groups is 1. The monoisotopic (exact) mass is 764 g/mol. The normalized spacial score (nSPS) is 13.2. The Morgan fingerprint density at radius 1 is 0.741 bits per heavy atom. The van der Waals surface area contributed by atoms with Crippen molar-refractivity contribution in [1.82, 2.24) is 4.72 Å². The summed E-state index contributed by atoms with van der Waals surface area (Å²) >= 11 is 0. The molecule has 0 bridgehead atoms. The molecule has 10 nitrogen and oxygen atoms in total. The van der Waals surface area contributed by atoms with Crippen molar-refractivity contribution in [2.45, 2.75) is 24.7 Å². The lowest BCUT2D eigenvalue weighted by Crippen LogP contribution is -2.40. The van der Waals surface area contributed by atoms with Crippen LogP contribution < -0.4 is 25.7 Å². The van der Waals surface area contributed by atoms with E-state index < -0.39 is 46.0 Å². The summed E-state index contributed by atoms with van der Waals surface area (Å²) in [6.07, 6.45) is 0. The molecule has 2 unspecified atom stereocenters. The summed E-state index contributed by atoms with van der Waals surface area (Å²) in [6.45, 7) is 7.60. The highest BCUT2D eigenvalue weighted by Crippen LogP contribution is 2.65. The van der Waals surface area contributed by atoms with Gasteiger partial charge in [-0.05, 0) is 67.6 Å². The Balaban J connectivity index is 1.77. The van der Waals surface area contributed by atoms with Crippen LogP contribution in [0.4, 0.5) is 5.69 Å². The van der Waals surface area contributed by atoms with Crippen molar-refractivity contribution in [3.63, 3.8) is 0 Å². The molecule has 12 heteroatoms. The minimum Gasteiger partial charge on any atom is -0.613 e. The Bertz CT molecular complexity index is 2090. The number of nitrogens with one attached hydrogen (secondary N) is 1. The second-order valence-corrected chi connectivity index (χ2v) is 17.3. The molecule has 5 aromatic rings. The van der Waals surface area contributed by atoms with Crippen LogP contribution in [0, 0.1) is 16.0 Å². The molecule has 0 amide bonds. The van der Waals surface area contributed by atoms with Gasteiger partial charge in [0, 0.05) is 30.2 Å². The summed E-state index contributed by atoms with van der Waals surface area (Å²) in [5, 5.41) is 28.8. The molecule has 0 saturated carbocycles. The predicted molar refractivity (Wildman–Crippen MR) is 211 cm³/mol. The van der Waals surface area contributed by atoms with Crippen LogP contribution in [0.5, 0.6) is 0 Å². The zero-order valence-electron chi connectivity index (χ0n) is 29.9. The number of carbonyl (C=O) groups excluding carboxylic acids is 1. The number of nitro benzene ring substituents is 1. The molecule has 0 fully saturated rings. The van der Waals surface area contributed by atoms with Gasteiger partial charge in [-0.15, -0.1) is 0 Å². The molecule has 0 aliphatic rings. The molecular formula is C42H41N2O8PS. The van der Waals surface area contributed by atoms with Crippen molar-refractivity contribution in [2.24, 2.45) is 5.92 Å². The van der Waals surface area contributed by atoms with E-state index in [2.05, 4.69) is 11.3 Å². The fourth-order valence-corrected chi connectivity index (χ4v) is 11.9. The maximum Gasteiger partial charge on any atom is 0.314 e. The van der Waals surface area contributed by atoms with Crippen molar-refractivity contribution in [3.8, 4) is 0 Å². The van der Waals surface area contributed by atoms with E-state index in [9.17, 15) is 28.4 Å². The first-order valence-corrected chi connectivity index (χ1v) is 20.6. The lowest BCUT2D eigenvalue weighted by atomic mass is 9.81. The molecule has 0 radical (unpaired) electrons. The van der Waals surface area contributed by atoms with Crippen molar-refractivity contribution >= 4 is 44.9 Å². The van der Waals surface area contributed by atoms with Crippen molar-refractivity contribution in [2.75, 3.05) is 19.8 Å². The van der Waals surface area contributed by atoms with E-state index in [1.807, 2.05) is 91.0 Å². The Labute approximate surface area is 316 Å². The topological polar surface area (TPSA) is 148 Å². The first-order valence-electron chi connectivity index (χ1n) is 17.3. The van der Waals surface area contributed by atoms with E-state index in [-0.39, 0.29) is 35.9 Å². The van der Waals surface area contributed by atoms with Gasteiger partial charge in [0.2, 0.25) is 10.0 Å². The fourth-order valence-electron chi connectivity index (χ4n) is 6.56. The first-order chi connectivity index (χ1) is 26.1. The third kappa shape index (κ3) is 8.44. The number of benzene rings is 5. The number of nitro groups is 1. The average Bonchev–Trinajstić information content (AvgIpc) is 3.19. The zero-order chi connectivity index (χ0) is 38.7. The van der Waals surface area contributed by atoms with Gasteiger partial charge in [-0.1, -0.05) is 98.4 Å². The summed E-state index contributed by atoms with van der Waals surface area (Å²) in [7, 11) is -7.34. The summed E-state index contributed by atoms with van der Waals surface area (Å²) < 4.78 is 41.5. The average molecular weight is 765 g/mol. The van der Waals surface area contributed by atoms with Gasteiger partial charge in [0.1, 0.15) is 28.5 Å². The van der Waals surface area contributed by atoms with Crippen molar-refractivity contribution in [3.05, 3.63) is 185 Å². The van der Waals surface area contributed by atoms with E-state index >= 15 is 0 Å².